The molecule has 2 aromatic rings. The number of fused-ring (bicyclic) bond motifs is 1. The lowest BCUT2D eigenvalue weighted by Gasteiger charge is -2.37. The minimum absolute atomic E-state index is 0.250. The van der Waals surface area contributed by atoms with Gasteiger partial charge in [0.05, 0.1) is 18.9 Å². The molecule has 0 spiro atoms. The van der Waals surface area contributed by atoms with E-state index in [1.54, 1.807) is 7.11 Å². The van der Waals surface area contributed by atoms with E-state index in [0.29, 0.717) is 12.3 Å². The first-order valence-corrected chi connectivity index (χ1v) is 8.92. The molecule has 26 heavy (non-hydrogen) atoms. The van der Waals surface area contributed by atoms with E-state index in [4.69, 9.17) is 14.2 Å². The predicted molar refractivity (Wildman–Crippen MR) is 99.2 cm³/mol. The number of anilines is 1. The number of rotatable bonds is 5. The number of aliphatic hydroxyl groups is 1. The molecule has 2 aliphatic heterocycles. The first kappa shape index (κ1) is 17.0. The van der Waals surface area contributed by atoms with Crippen molar-refractivity contribution >= 4 is 5.69 Å². The molecule has 0 unspecified atom stereocenters. The van der Waals surface area contributed by atoms with Crippen LogP contribution in [0.2, 0.25) is 0 Å². The van der Waals surface area contributed by atoms with Crippen molar-refractivity contribution in [3.63, 3.8) is 0 Å². The zero-order chi connectivity index (χ0) is 17.9. The lowest BCUT2D eigenvalue weighted by Crippen LogP contribution is -2.47. The van der Waals surface area contributed by atoms with E-state index in [1.807, 2.05) is 36.4 Å². The fourth-order valence-electron chi connectivity index (χ4n) is 3.53. The molecule has 0 bridgehead atoms. The number of nitrogens with zero attached hydrogens (tertiary/aromatic N) is 2. The number of hydrogen-bond donors (Lipinski definition) is 1. The van der Waals surface area contributed by atoms with Crippen molar-refractivity contribution < 1.29 is 19.3 Å². The van der Waals surface area contributed by atoms with E-state index < -0.39 is 6.10 Å². The molecule has 138 valence electrons. The van der Waals surface area contributed by atoms with Gasteiger partial charge in [0.25, 0.3) is 0 Å². The molecule has 1 atom stereocenters. The second-order valence-electron chi connectivity index (χ2n) is 6.59. The number of benzene rings is 2. The van der Waals surface area contributed by atoms with E-state index >= 15 is 0 Å². The fourth-order valence-corrected chi connectivity index (χ4v) is 3.53. The summed E-state index contributed by atoms with van der Waals surface area (Å²) in [7, 11) is 1.71. The van der Waals surface area contributed by atoms with Crippen LogP contribution in [0, 0.1) is 0 Å². The summed E-state index contributed by atoms with van der Waals surface area (Å²) in [5.41, 5.74) is 1.99. The number of aliphatic hydroxyl groups excluding tert-OH is 1. The Morgan fingerprint density at radius 1 is 1.04 bits per heavy atom. The Balaban J connectivity index is 1.35. The zero-order valence-corrected chi connectivity index (χ0v) is 14.9. The van der Waals surface area contributed by atoms with Gasteiger partial charge >= 0.3 is 0 Å². The minimum atomic E-state index is -0.540. The summed E-state index contributed by atoms with van der Waals surface area (Å²) < 4.78 is 16.2. The van der Waals surface area contributed by atoms with Gasteiger partial charge in [0.15, 0.2) is 11.5 Å². The highest BCUT2D eigenvalue weighted by Crippen LogP contribution is 2.34. The van der Waals surface area contributed by atoms with Crippen molar-refractivity contribution in [3.05, 3.63) is 48.0 Å². The first-order valence-electron chi connectivity index (χ1n) is 8.92. The van der Waals surface area contributed by atoms with Gasteiger partial charge in [-0.1, -0.05) is 18.2 Å². The lowest BCUT2D eigenvalue weighted by molar-refractivity contribution is 0.109. The lowest BCUT2D eigenvalue weighted by atomic mass is 10.1. The van der Waals surface area contributed by atoms with Gasteiger partial charge in [-0.15, -0.1) is 0 Å². The van der Waals surface area contributed by atoms with Gasteiger partial charge in [0, 0.05) is 32.7 Å². The number of hydrogen-bond acceptors (Lipinski definition) is 6. The first-order chi connectivity index (χ1) is 12.7. The standard InChI is InChI=1S/C20H24N2O4/c1-24-18-5-3-2-4-16(18)22-10-8-21(9-11-22)13-17(23)15-6-7-19-20(12-15)26-14-25-19/h2-7,12,17,23H,8-11,13-14H2,1H3/t17-/m0/s1. The second kappa shape index (κ2) is 7.43. The van der Waals surface area contributed by atoms with E-state index in [1.165, 1.54) is 0 Å². The summed E-state index contributed by atoms with van der Waals surface area (Å²) in [4.78, 5) is 4.63. The molecule has 0 amide bonds. The molecule has 0 saturated carbocycles. The number of piperazine rings is 1. The fraction of sp³-hybridized carbons (Fsp3) is 0.400. The van der Waals surface area contributed by atoms with E-state index in [9.17, 15) is 5.11 Å². The third kappa shape index (κ3) is 3.43. The third-order valence-corrected chi connectivity index (χ3v) is 5.01. The Morgan fingerprint density at radius 2 is 1.81 bits per heavy atom. The van der Waals surface area contributed by atoms with Crippen molar-refractivity contribution in [2.45, 2.75) is 6.10 Å². The highest BCUT2D eigenvalue weighted by molar-refractivity contribution is 5.58. The molecule has 1 fully saturated rings. The number of ether oxygens (including phenoxy) is 3. The Morgan fingerprint density at radius 3 is 2.62 bits per heavy atom. The van der Waals surface area contributed by atoms with E-state index in [-0.39, 0.29) is 6.79 Å². The maximum Gasteiger partial charge on any atom is 0.231 e. The SMILES string of the molecule is COc1ccccc1N1CCN(C[C@H](O)c2ccc3c(c2)OCO3)CC1. The van der Waals surface area contributed by atoms with Crippen LogP contribution in [0.3, 0.4) is 0 Å². The monoisotopic (exact) mass is 356 g/mol. The molecule has 0 aromatic heterocycles. The Hall–Kier alpha value is -2.44. The molecule has 1 saturated heterocycles. The summed E-state index contributed by atoms with van der Waals surface area (Å²) in [6, 6.07) is 13.7. The third-order valence-electron chi connectivity index (χ3n) is 5.01. The maximum atomic E-state index is 10.6. The molecule has 6 nitrogen and oxygen atoms in total. The zero-order valence-electron chi connectivity index (χ0n) is 14.9. The molecular formula is C20H24N2O4. The highest BCUT2D eigenvalue weighted by Gasteiger charge is 2.23. The molecule has 1 N–H and O–H groups in total. The van der Waals surface area contributed by atoms with Crippen LogP contribution in [0.1, 0.15) is 11.7 Å². The average molecular weight is 356 g/mol. The molecule has 2 aromatic carbocycles. The van der Waals surface area contributed by atoms with E-state index in [2.05, 4.69) is 15.9 Å². The molecule has 6 heteroatoms. The highest BCUT2D eigenvalue weighted by atomic mass is 16.7. The van der Waals surface area contributed by atoms with Crippen LogP contribution in [0.25, 0.3) is 0 Å². The normalized spacial score (nSPS) is 18.0. The molecule has 4 rings (SSSR count). The van der Waals surface area contributed by atoms with Crippen LogP contribution in [0.15, 0.2) is 42.5 Å². The van der Waals surface area contributed by atoms with Crippen LogP contribution in [-0.2, 0) is 0 Å². The van der Waals surface area contributed by atoms with Crippen molar-refractivity contribution in [3.8, 4) is 17.2 Å². The van der Waals surface area contributed by atoms with Crippen LogP contribution in [0.4, 0.5) is 5.69 Å². The summed E-state index contributed by atoms with van der Waals surface area (Å²) >= 11 is 0. The minimum Gasteiger partial charge on any atom is -0.495 e. The van der Waals surface area contributed by atoms with Crippen molar-refractivity contribution in [1.29, 1.82) is 0 Å². The summed E-state index contributed by atoms with van der Waals surface area (Å²) in [5, 5.41) is 10.6. The van der Waals surface area contributed by atoms with Crippen LogP contribution >= 0.6 is 0 Å². The van der Waals surface area contributed by atoms with Crippen molar-refractivity contribution in [1.82, 2.24) is 4.90 Å². The Kier molecular flexibility index (Phi) is 4.86. The second-order valence-corrected chi connectivity index (χ2v) is 6.59. The van der Waals surface area contributed by atoms with Crippen LogP contribution in [-0.4, -0.2) is 56.6 Å². The van der Waals surface area contributed by atoms with Gasteiger partial charge in [-0.05, 0) is 29.8 Å². The maximum absolute atomic E-state index is 10.6. The topological polar surface area (TPSA) is 54.4 Å². The van der Waals surface area contributed by atoms with Gasteiger partial charge in [-0.2, -0.15) is 0 Å². The largest absolute Gasteiger partial charge is 0.495 e. The van der Waals surface area contributed by atoms with Gasteiger partial charge in [0.2, 0.25) is 6.79 Å². The van der Waals surface area contributed by atoms with Crippen molar-refractivity contribution in [2.24, 2.45) is 0 Å². The number of para-hydroxylation sites is 2. The molecule has 2 aliphatic rings. The number of β-amino-alcohol motifs (C(OH)–C–C–N with tert-alkyl or cyclic N) is 1. The number of methoxy groups -OCH3 is 1. The quantitative estimate of drug-likeness (QED) is 0.887. The summed E-state index contributed by atoms with van der Waals surface area (Å²) in [6.45, 7) is 4.49. The van der Waals surface area contributed by atoms with Gasteiger partial charge in [-0.3, -0.25) is 4.90 Å². The van der Waals surface area contributed by atoms with Crippen LogP contribution in [0.5, 0.6) is 17.2 Å². The summed E-state index contributed by atoms with van der Waals surface area (Å²) in [5.74, 6) is 2.36. The molecule has 0 radical (unpaired) electrons. The smallest absolute Gasteiger partial charge is 0.231 e. The van der Waals surface area contributed by atoms with Gasteiger partial charge in [0.1, 0.15) is 5.75 Å². The summed E-state index contributed by atoms with van der Waals surface area (Å²) in [6.07, 6.45) is -0.540. The Bertz CT molecular complexity index is 759. The molecule has 2 heterocycles. The van der Waals surface area contributed by atoms with Crippen molar-refractivity contribution in [2.75, 3.05) is 51.5 Å². The van der Waals surface area contributed by atoms with Gasteiger partial charge < -0.3 is 24.2 Å². The molecular weight excluding hydrogens is 332 g/mol. The average Bonchev–Trinajstić information content (AvgIpc) is 3.16. The molecule has 0 aliphatic carbocycles. The predicted octanol–water partition coefficient (Wildman–Crippen LogP) is 2.28. The Labute approximate surface area is 153 Å². The van der Waals surface area contributed by atoms with Gasteiger partial charge in [-0.25, -0.2) is 0 Å². The van der Waals surface area contributed by atoms with E-state index in [0.717, 1.165) is 48.9 Å². The van der Waals surface area contributed by atoms with Crippen LogP contribution < -0.4 is 19.1 Å².